The maximum Gasteiger partial charge on any atom is 0.352 e. The Morgan fingerprint density at radius 2 is 1.81 bits per heavy atom. The minimum Gasteiger partial charge on any atom is -0.477 e. The number of aliphatic carboxylic acids is 1. The number of carbonyl (C=O) groups excluding carboxylic acids is 1. The number of unbranched alkanes of at least 4 members (excludes halogenated alkanes) is 1. The highest BCUT2D eigenvalue weighted by Gasteiger charge is 2.12. The van der Waals surface area contributed by atoms with Crippen LogP contribution in [0.2, 0.25) is 0 Å². The number of aryl methyl sites for hydroxylation is 1. The number of carboxylic acid groups (broad SMARTS) is 1. The first-order chi connectivity index (χ1) is 15.0. The summed E-state index contributed by atoms with van der Waals surface area (Å²) in [7, 11) is 0. The Labute approximate surface area is 193 Å². The van der Waals surface area contributed by atoms with Gasteiger partial charge >= 0.3 is 5.97 Å². The number of halogens is 1. The number of para-hydroxylation sites is 1. The molecule has 3 aromatic rings. The Balaban J connectivity index is 1.55. The minimum absolute atomic E-state index is 0.150. The van der Waals surface area contributed by atoms with Gasteiger partial charge in [-0.1, -0.05) is 30.3 Å². The van der Waals surface area contributed by atoms with Crippen molar-refractivity contribution in [3.8, 4) is 11.5 Å². The van der Waals surface area contributed by atoms with E-state index in [-0.39, 0.29) is 18.0 Å². The van der Waals surface area contributed by atoms with Crippen LogP contribution >= 0.6 is 27.3 Å². The molecule has 7 heteroatoms. The van der Waals surface area contributed by atoms with E-state index in [2.05, 4.69) is 27.3 Å². The predicted octanol–water partition coefficient (Wildman–Crippen LogP) is 6.26. The number of amides is 1. The highest BCUT2D eigenvalue weighted by molar-refractivity contribution is 9.10. The van der Waals surface area contributed by atoms with Crippen molar-refractivity contribution in [2.24, 2.45) is 0 Å². The van der Waals surface area contributed by atoms with Crippen molar-refractivity contribution in [2.45, 2.75) is 25.7 Å². The van der Waals surface area contributed by atoms with Crippen LogP contribution < -0.4 is 10.1 Å². The summed E-state index contributed by atoms with van der Waals surface area (Å²) in [6.45, 7) is 0. The molecule has 0 bridgehead atoms. The van der Waals surface area contributed by atoms with Gasteiger partial charge in [-0.15, -0.1) is 11.3 Å². The van der Waals surface area contributed by atoms with Gasteiger partial charge in [0.25, 0.3) is 0 Å². The molecule has 2 aromatic carbocycles. The number of benzene rings is 2. The minimum atomic E-state index is -1.18. The molecule has 0 aliphatic heterocycles. The number of carbonyl (C=O) groups is 2. The average molecular weight is 500 g/mol. The lowest BCUT2D eigenvalue weighted by molar-refractivity contribution is -0.134. The Morgan fingerprint density at radius 3 is 2.48 bits per heavy atom. The van der Waals surface area contributed by atoms with Crippen LogP contribution in [-0.4, -0.2) is 17.0 Å². The first-order valence-electron chi connectivity index (χ1n) is 9.81. The monoisotopic (exact) mass is 499 g/mol. The van der Waals surface area contributed by atoms with Gasteiger partial charge in [-0.25, -0.2) is 4.79 Å². The number of ether oxygens (including phenoxy) is 1. The predicted molar refractivity (Wildman–Crippen MR) is 126 cm³/mol. The SMILES string of the molecule is O=C(CCCCc1cccs1)NC(=Cc1ccc(Oc2ccccc2Br)cc1)C(=O)O. The smallest absolute Gasteiger partial charge is 0.352 e. The molecule has 31 heavy (non-hydrogen) atoms. The fraction of sp³-hybridized carbons (Fsp3) is 0.167. The molecular formula is C24H22BrNO4S. The van der Waals surface area contributed by atoms with Gasteiger partial charge in [0.05, 0.1) is 4.47 Å². The van der Waals surface area contributed by atoms with E-state index in [1.807, 2.05) is 35.7 Å². The highest BCUT2D eigenvalue weighted by Crippen LogP contribution is 2.29. The first-order valence-corrected chi connectivity index (χ1v) is 11.5. The van der Waals surface area contributed by atoms with Crippen LogP contribution in [0.15, 0.2) is 76.2 Å². The van der Waals surface area contributed by atoms with E-state index in [0.717, 1.165) is 17.3 Å². The maximum atomic E-state index is 12.2. The molecule has 0 fully saturated rings. The Bertz CT molecular complexity index is 1050. The van der Waals surface area contributed by atoms with Crippen LogP contribution in [0.5, 0.6) is 11.5 Å². The summed E-state index contributed by atoms with van der Waals surface area (Å²) in [5, 5.41) is 14.0. The number of hydrogen-bond acceptors (Lipinski definition) is 4. The molecule has 0 saturated heterocycles. The molecule has 0 saturated carbocycles. The molecule has 0 aliphatic rings. The highest BCUT2D eigenvalue weighted by atomic mass is 79.9. The number of nitrogens with one attached hydrogen (secondary N) is 1. The zero-order chi connectivity index (χ0) is 22.1. The lowest BCUT2D eigenvalue weighted by Crippen LogP contribution is -2.26. The zero-order valence-electron chi connectivity index (χ0n) is 16.7. The van der Waals surface area contributed by atoms with Crippen LogP contribution in [0.1, 0.15) is 29.7 Å². The molecule has 0 spiro atoms. The van der Waals surface area contributed by atoms with E-state index in [1.165, 1.54) is 11.0 Å². The second-order valence-electron chi connectivity index (χ2n) is 6.80. The van der Waals surface area contributed by atoms with Crippen molar-refractivity contribution in [1.29, 1.82) is 0 Å². The summed E-state index contributed by atoms with van der Waals surface area (Å²) in [6, 6.07) is 18.6. The maximum absolute atomic E-state index is 12.2. The lowest BCUT2D eigenvalue weighted by Gasteiger charge is -2.08. The van der Waals surface area contributed by atoms with Crippen molar-refractivity contribution in [2.75, 3.05) is 0 Å². The van der Waals surface area contributed by atoms with Gasteiger partial charge in [-0.05, 0) is 82.5 Å². The van der Waals surface area contributed by atoms with E-state index in [4.69, 9.17) is 4.74 Å². The fourth-order valence-electron chi connectivity index (χ4n) is 2.86. The molecule has 0 aliphatic carbocycles. The zero-order valence-corrected chi connectivity index (χ0v) is 19.1. The number of carboxylic acids is 1. The van der Waals surface area contributed by atoms with Gasteiger partial charge < -0.3 is 15.2 Å². The standard InChI is InChI=1S/C24H22BrNO4S/c25-20-8-2-3-9-22(20)30-18-13-11-17(12-14-18)16-21(24(28)29)26-23(27)10-4-1-6-19-7-5-15-31-19/h2-3,5,7-9,11-16H,1,4,6,10H2,(H,26,27)(H,28,29). The first kappa shape index (κ1) is 22.8. The van der Waals surface area contributed by atoms with Gasteiger partial charge in [0, 0.05) is 11.3 Å². The summed E-state index contributed by atoms with van der Waals surface area (Å²) < 4.78 is 6.65. The summed E-state index contributed by atoms with van der Waals surface area (Å²) in [6.07, 6.45) is 4.25. The van der Waals surface area contributed by atoms with Gasteiger partial charge in [0.2, 0.25) is 5.91 Å². The molecule has 5 nitrogen and oxygen atoms in total. The second-order valence-corrected chi connectivity index (χ2v) is 8.69. The van der Waals surface area contributed by atoms with Gasteiger partial charge in [0.1, 0.15) is 17.2 Å². The normalized spacial score (nSPS) is 11.2. The van der Waals surface area contributed by atoms with Crippen molar-refractivity contribution < 1.29 is 19.4 Å². The number of thiophene rings is 1. The topological polar surface area (TPSA) is 75.6 Å². The van der Waals surface area contributed by atoms with Gasteiger partial charge in [-0.2, -0.15) is 0 Å². The van der Waals surface area contributed by atoms with Gasteiger partial charge in [0.15, 0.2) is 0 Å². The van der Waals surface area contributed by atoms with Crippen molar-refractivity contribution >= 4 is 45.2 Å². The van der Waals surface area contributed by atoms with E-state index in [0.29, 0.717) is 23.5 Å². The van der Waals surface area contributed by atoms with E-state index >= 15 is 0 Å². The second kappa shape index (κ2) is 11.5. The summed E-state index contributed by atoms with van der Waals surface area (Å²) in [5.41, 5.74) is 0.498. The van der Waals surface area contributed by atoms with E-state index < -0.39 is 5.97 Å². The van der Waals surface area contributed by atoms with Crippen molar-refractivity contribution in [3.63, 3.8) is 0 Å². The molecule has 1 amide bonds. The molecule has 1 heterocycles. The Morgan fingerprint density at radius 1 is 1.03 bits per heavy atom. The molecule has 0 unspecified atom stereocenters. The summed E-state index contributed by atoms with van der Waals surface area (Å²) in [4.78, 5) is 25.0. The van der Waals surface area contributed by atoms with Crippen LogP contribution in [-0.2, 0) is 16.0 Å². The molecule has 3 rings (SSSR count). The van der Waals surface area contributed by atoms with E-state index in [1.54, 1.807) is 35.6 Å². The van der Waals surface area contributed by atoms with Gasteiger partial charge in [-0.3, -0.25) is 4.79 Å². The third-order valence-corrected chi connectivity index (χ3v) is 6.01. The third-order valence-electron chi connectivity index (χ3n) is 4.42. The Hall–Kier alpha value is -2.90. The van der Waals surface area contributed by atoms with Crippen LogP contribution in [0.4, 0.5) is 0 Å². The molecule has 160 valence electrons. The van der Waals surface area contributed by atoms with E-state index in [9.17, 15) is 14.7 Å². The van der Waals surface area contributed by atoms with Crippen LogP contribution in [0.25, 0.3) is 6.08 Å². The number of hydrogen-bond donors (Lipinski definition) is 2. The summed E-state index contributed by atoms with van der Waals surface area (Å²) in [5.74, 6) is -0.173. The molecule has 0 radical (unpaired) electrons. The molecule has 1 aromatic heterocycles. The number of rotatable bonds is 10. The lowest BCUT2D eigenvalue weighted by atomic mass is 10.1. The third kappa shape index (κ3) is 7.38. The van der Waals surface area contributed by atoms with Crippen molar-refractivity contribution in [3.05, 3.63) is 86.7 Å². The molecular weight excluding hydrogens is 478 g/mol. The molecule has 2 N–H and O–H groups in total. The van der Waals surface area contributed by atoms with Crippen molar-refractivity contribution in [1.82, 2.24) is 5.32 Å². The Kier molecular flexibility index (Phi) is 8.44. The average Bonchev–Trinajstić information content (AvgIpc) is 3.27. The van der Waals surface area contributed by atoms with Crippen LogP contribution in [0.3, 0.4) is 0 Å². The molecule has 0 atom stereocenters. The van der Waals surface area contributed by atoms with Crippen LogP contribution in [0, 0.1) is 0 Å². The fourth-order valence-corrected chi connectivity index (χ4v) is 3.97. The largest absolute Gasteiger partial charge is 0.477 e. The quantitative estimate of drug-likeness (QED) is 0.255. The summed E-state index contributed by atoms with van der Waals surface area (Å²) >= 11 is 5.13.